The van der Waals surface area contributed by atoms with Crippen LogP contribution in [0, 0.1) is 5.82 Å². The average molecular weight is 521 g/mol. The van der Waals surface area contributed by atoms with Crippen LogP contribution in [0.2, 0.25) is 0 Å². The van der Waals surface area contributed by atoms with E-state index in [0.717, 1.165) is 5.01 Å². The summed E-state index contributed by atoms with van der Waals surface area (Å²) in [5.74, 6) is -0.545. The number of alkyl halides is 3. The van der Waals surface area contributed by atoms with Crippen molar-refractivity contribution in [3.05, 3.63) is 29.0 Å². The molecule has 1 atom stereocenters. The fourth-order valence-corrected chi connectivity index (χ4v) is 3.81. The third kappa shape index (κ3) is 6.46. The van der Waals surface area contributed by atoms with Crippen molar-refractivity contribution in [1.29, 1.82) is 0 Å². The van der Waals surface area contributed by atoms with Crippen LogP contribution >= 0.6 is 11.3 Å². The molecule has 2 aromatic rings. The molecule has 35 heavy (non-hydrogen) atoms. The number of ether oxygens (including phenoxy) is 1. The van der Waals surface area contributed by atoms with Crippen LogP contribution in [-0.2, 0) is 10.9 Å². The lowest BCUT2D eigenvalue weighted by Gasteiger charge is -2.26. The third-order valence-corrected chi connectivity index (χ3v) is 5.90. The summed E-state index contributed by atoms with van der Waals surface area (Å²) in [7, 11) is 1.37. The van der Waals surface area contributed by atoms with Gasteiger partial charge in [0, 0.05) is 33.2 Å². The molecule has 1 aromatic carbocycles. The Bertz CT molecular complexity index is 1050. The van der Waals surface area contributed by atoms with Gasteiger partial charge in [-0.1, -0.05) is 11.3 Å². The van der Waals surface area contributed by atoms with E-state index in [1.807, 2.05) is 6.92 Å². The lowest BCUT2D eigenvalue weighted by atomic mass is 10.2. The highest BCUT2D eigenvalue weighted by atomic mass is 32.1. The highest BCUT2D eigenvalue weighted by Gasteiger charge is 2.36. The number of rotatable bonds is 9. The van der Waals surface area contributed by atoms with Gasteiger partial charge in [0.05, 0.1) is 17.9 Å². The Morgan fingerprint density at radius 3 is 2.69 bits per heavy atom. The molecule has 1 aromatic heterocycles. The number of likely N-dealkylation sites (N-methyl/N-ethyl adjacent to an activating group) is 1. The normalized spacial score (nSPS) is 15.8. The van der Waals surface area contributed by atoms with Crippen LogP contribution in [0.3, 0.4) is 0 Å². The number of nitrogens with one attached hydrogen (secondary N) is 2. The number of hydrogen-bond donors (Lipinski definition) is 3. The summed E-state index contributed by atoms with van der Waals surface area (Å²) in [5, 5.41) is 8.08. The second kappa shape index (κ2) is 11.0. The number of cyclic esters (lactones) is 1. The molecule has 1 saturated heterocycles. The van der Waals surface area contributed by atoms with Gasteiger partial charge in [0.1, 0.15) is 11.9 Å². The summed E-state index contributed by atoms with van der Waals surface area (Å²) in [6.07, 6.45) is -5.68. The SMILES string of the molecule is CCN(CCNN(C)C(=O)Nc1nnc(C(F)(F)F)s1)c1ccc(N2C[C@H](CN)OC2=O)cc1F. The first kappa shape index (κ1) is 26.4. The second-order valence-corrected chi connectivity index (χ2v) is 8.35. The molecule has 3 rings (SSSR count). The molecular formula is C19H24F4N8O3S. The Balaban J connectivity index is 1.53. The zero-order valence-electron chi connectivity index (χ0n) is 18.8. The number of aromatic nitrogens is 2. The lowest BCUT2D eigenvalue weighted by Crippen LogP contribution is -2.45. The van der Waals surface area contributed by atoms with Crippen molar-refractivity contribution in [3.8, 4) is 0 Å². The molecule has 0 unspecified atom stereocenters. The van der Waals surface area contributed by atoms with Crippen molar-refractivity contribution in [2.24, 2.45) is 5.73 Å². The number of benzene rings is 1. The maximum absolute atomic E-state index is 14.9. The quantitative estimate of drug-likeness (QED) is 0.340. The number of nitrogens with zero attached hydrogens (tertiary/aromatic N) is 5. The van der Waals surface area contributed by atoms with E-state index in [1.54, 1.807) is 17.0 Å². The Hall–Kier alpha value is -3.24. The molecule has 0 aliphatic carbocycles. The minimum absolute atomic E-state index is 0.168. The van der Waals surface area contributed by atoms with Gasteiger partial charge >= 0.3 is 18.3 Å². The highest BCUT2D eigenvalue weighted by molar-refractivity contribution is 7.15. The fraction of sp³-hybridized carbons (Fsp3) is 0.474. The van der Waals surface area contributed by atoms with E-state index in [-0.39, 0.29) is 36.1 Å². The van der Waals surface area contributed by atoms with Crippen LogP contribution in [-0.4, -0.2) is 73.2 Å². The molecule has 2 heterocycles. The standard InChI is InChI=1S/C19H24F4N8O3S/c1-3-30(14-5-4-11(8-13(14)20)31-10-12(9-24)34-18(31)33)7-6-25-29(2)17(32)26-16-28-27-15(35-16)19(21,22)23/h4-5,8,12,25H,3,6-7,9-10,24H2,1-2H3,(H,26,28,32)/t12-/m0/s1. The van der Waals surface area contributed by atoms with Gasteiger partial charge < -0.3 is 15.4 Å². The number of amides is 3. The molecular weight excluding hydrogens is 496 g/mol. The molecule has 1 aliphatic rings. The smallest absolute Gasteiger partial charge is 0.443 e. The first-order valence-electron chi connectivity index (χ1n) is 10.4. The molecule has 0 bridgehead atoms. The lowest BCUT2D eigenvalue weighted by molar-refractivity contribution is -0.138. The van der Waals surface area contributed by atoms with Gasteiger partial charge in [-0.2, -0.15) is 13.2 Å². The summed E-state index contributed by atoms with van der Waals surface area (Å²) in [4.78, 5) is 27.1. The van der Waals surface area contributed by atoms with Crippen LogP contribution in [0.25, 0.3) is 0 Å². The molecule has 16 heteroatoms. The minimum Gasteiger partial charge on any atom is -0.443 e. The van der Waals surface area contributed by atoms with Crippen LogP contribution in [0.4, 0.5) is 43.7 Å². The third-order valence-electron chi connectivity index (χ3n) is 5.02. The van der Waals surface area contributed by atoms with Gasteiger partial charge in [0.15, 0.2) is 0 Å². The zero-order chi connectivity index (χ0) is 25.8. The van der Waals surface area contributed by atoms with Gasteiger partial charge in [-0.15, -0.1) is 10.2 Å². The number of anilines is 3. The fourth-order valence-electron chi connectivity index (χ4n) is 3.21. The number of urea groups is 1. The van der Waals surface area contributed by atoms with Crippen molar-refractivity contribution in [2.75, 3.05) is 54.9 Å². The number of carbonyl (C=O) groups is 2. The van der Waals surface area contributed by atoms with Gasteiger partial charge in [-0.25, -0.2) is 19.4 Å². The number of hydrogen-bond acceptors (Lipinski definition) is 9. The highest BCUT2D eigenvalue weighted by Crippen LogP contribution is 2.33. The van der Waals surface area contributed by atoms with Crippen molar-refractivity contribution >= 4 is 40.0 Å². The predicted octanol–water partition coefficient (Wildman–Crippen LogP) is 2.47. The molecule has 1 aliphatic heterocycles. The van der Waals surface area contributed by atoms with E-state index in [4.69, 9.17) is 10.5 Å². The van der Waals surface area contributed by atoms with Crippen molar-refractivity contribution in [2.45, 2.75) is 19.2 Å². The second-order valence-electron chi connectivity index (χ2n) is 7.37. The van der Waals surface area contributed by atoms with E-state index in [2.05, 4.69) is 20.9 Å². The summed E-state index contributed by atoms with van der Waals surface area (Å²) in [6.45, 7) is 3.17. The Kier molecular flexibility index (Phi) is 8.29. The largest absolute Gasteiger partial charge is 0.445 e. The number of hydrazine groups is 1. The summed E-state index contributed by atoms with van der Waals surface area (Å²) in [5.41, 5.74) is 8.94. The first-order valence-corrected chi connectivity index (χ1v) is 11.3. The van der Waals surface area contributed by atoms with Crippen molar-refractivity contribution < 1.29 is 31.9 Å². The first-order chi connectivity index (χ1) is 16.5. The van der Waals surface area contributed by atoms with Crippen molar-refractivity contribution in [1.82, 2.24) is 20.6 Å². The van der Waals surface area contributed by atoms with E-state index in [9.17, 15) is 27.2 Å². The molecule has 0 spiro atoms. The van der Waals surface area contributed by atoms with Gasteiger partial charge in [0.25, 0.3) is 0 Å². The molecule has 3 amide bonds. The summed E-state index contributed by atoms with van der Waals surface area (Å²) >= 11 is 0.206. The van der Waals surface area contributed by atoms with Crippen LogP contribution < -0.4 is 26.3 Å². The molecule has 4 N–H and O–H groups in total. The van der Waals surface area contributed by atoms with Gasteiger partial charge in [-0.3, -0.25) is 15.2 Å². The molecule has 192 valence electrons. The van der Waals surface area contributed by atoms with Gasteiger partial charge in [-0.05, 0) is 25.1 Å². The maximum Gasteiger partial charge on any atom is 0.445 e. The predicted molar refractivity (Wildman–Crippen MR) is 121 cm³/mol. The van der Waals surface area contributed by atoms with Crippen LogP contribution in [0.15, 0.2) is 18.2 Å². The molecule has 11 nitrogen and oxygen atoms in total. The molecule has 0 radical (unpaired) electrons. The minimum atomic E-state index is -4.65. The van der Waals surface area contributed by atoms with E-state index < -0.39 is 35.2 Å². The Morgan fingerprint density at radius 1 is 1.37 bits per heavy atom. The Labute approximate surface area is 201 Å². The number of carbonyl (C=O) groups excluding carboxylic acids is 2. The van der Waals surface area contributed by atoms with Crippen LogP contribution in [0.1, 0.15) is 11.9 Å². The van der Waals surface area contributed by atoms with E-state index in [0.29, 0.717) is 24.5 Å². The van der Waals surface area contributed by atoms with E-state index >= 15 is 0 Å². The monoisotopic (exact) mass is 520 g/mol. The molecule has 0 saturated carbocycles. The van der Waals surface area contributed by atoms with Crippen LogP contribution in [0.5, 0.6) is 0 Å². The Morgan fingerprint density at radius 2 is 2.11 bits per heavy atom. The van der Waals surface area contributed by atoms with Crippen molar-refractivity contribution in [3.63, 3.8) is 0 Å². The summed E-state index contributed by atoms with van der Waals surface area (Å²) in [6, 6.07) is 3.64. The maximum atomic E-state index is 14.9. The topological polar surface area (TPSA) is 129 Å². The molecule has 1 fully saturated rings. The van der Waals surface area contributed by atoms with Gasteiger partial charge in [0.2, 0.25) is 10.1 Å². The number of nitrogens with two attached hydrogens (primary N) is 1. The number of halogens is 4. The average Bonchev–Trinajstić information content (AvgIpc) is 3.43. The van der Waals surface area contributed by atoms with E-state index in [1.165, 1.54) is 18.0 Å². The zero-order valence-corrected chi connectivity index (χ0v) is 19.6. The summed E-state index contributed by atoms with van der Waals surface area (Å²) < 4.78 is 57.8.